The lowest BCUT2D eigenvalue weighted by atomic mass is 9.87. The molecule has 1 heterocycles. The second-order valence-electron chi connectivity index (χ2n) is 5.69. The predicted molar refractivity (Wildman–Crippen MR) is 73.4 cm³/mol. The molecular weight excluding hydrogens is 226 g/mol. The first-order valence-corrected chi connectivity index (χ1v) is 6.10. The maximum absolute atomic E-state index is 12.2. The van der Waals surface area contributed by atoms with E-state index in [0.717, 1.165) is 5.39 Å². The SMILES string of the molecule is CC(C)(C)C(N)Cn1ncc2ccccc2c1=O. The van der Waals surface area contributed by atoms with Gasteiger partial charge in [0, 0.05) is 11.4 Å². The van der Waals surface area contributed by atoms with Gasteiger partial charge >= 0.3 is 0 Å². The number of benzene rings is 1. The molecule has 0 aliphatic carbocycles. The Kier molecular flexibility index (Phi) is 3.22. The monoisotopic (exact) mass is 245 g/mol. The summed E-state index contributed by atoms with van der Waals surface area (Å²) < 4.78 is 1.46. The first-order chi connectivity index (χ1) is 8.39. The van der Waals surface area contributed by atoms with Crippen molar-refractivity contribution in [3.05, 3.63) is 40.8 Å². The highest BCUT2D eigenvalue weighted by Crippen LogP contribution is 2.18. The van der Waals surface area contributed by atoms with Crippen molar-refractivity contribution in [2.24, 2.45) is 11.1 Å². The highest BCUT2D eigenvalue weighted by atomic mass is 16.1. The van der Waals surface area contributed by atoms with Crippen LogP contribution in [-0.4, -0.2) is 15.8 Å². The van der Waals surface area contributed by atoms with Gasteiger partial charge in [0.25, 0.3) is 5.56 Å². The maximum Gasteiger partial charge on any atom is 0.274 e. The molecular formula is C14H19N3O. The summed E-state index contributed by atoms with van der Waals surface area (Å²) >= 11 is 0. The van der Waals surface area contributed by atoms with Crippen LogP contribution in [0.3, 0.4) is 0 Å². The maximum atomic E-state index is 12.2. The van der Waals surface area contributed by atoms with Crippen molar-refractivity contribution in [1.29, 1.82) is 0 Å². The van der Waals surface area contributed by atoms with Crippen LogP contribution in [0.25, 0.3) is 10.8 Å². The summed E-state index contributed by atoms with van der Waals surface area (Å²) in [6, 6.07) is 7.35. The van der Waals surface area contributed by atoms with Crippen LogP contribution in [-0.2, 0) is 6.54 Å². The summed E-state index contributed by atoms with van der Waals surface area (Å²) in [6.07, 6.45) is 1.71. The zero-order chi connectivity index (χ0) is 13.3. The van der Waals surface area contributed by atoms with Gasteiger partial charge in [-0.25, -0.2) is 4.68 Å². The van der Waals surface area contributed by atoms with Crippen LogP contribution in [0.1, 0.15) is 20.8 Å². The van der Waals surface area contributed by atoms with Gasteiger partial charge in [-0.3, -0.25) is 4.79 Å². The number of nitrogens with zero attached hydrogens (tertiary/aromatic N) is 2. The van der Waals surface area contributed by atoms with E-state index in [-0.39, 0.29) is 17.0 Å². The van der Waals surface area contributed by atoms with E-state index in [1.54, 1.807) is 6.20 Å². The van der Waals surface area contributed by atoms with Crippen molar-refractivity contribution in [2.75, 3.05) is 0 Å². The average Bonchev–Trinajstić information content (AvgIpc) is 2.32. The molecule has 0 spiro atoms. The van der Waals surface area contributed by atoms with E-state index >= 15 is 0 Å². The van der Waals surface area contributed by atoms with Crippen LogP contribution in [0.15, 0.2) is 35.3 Å². The van der Waals surface area contributed by atoms with Crippen LogP contribution in [0.2, 0.25) is 0 Å². The number of fused-ring (bicyclic) bond motifs is 1. The summed E-state index contributed by atoms with van der Waals surface area (Å²) in [4.78, 5) is 12.2. The van der Waals surface area contributed by atoms with E-state index in [0.29, 0.717) is 11.9 Å². The van der Waals surface area contributed by atoms with Crippen molar-refractivity contribution < 1.29 is 0 Å². The van der Waals surface area contributed by atoms with Gasteiger partial charge in [-0.1, -0.05) is 39.0 Å². The molecule has 2 aromatic rings. The molecule has 1 aromatic carbocycles. The van der Waals surface area contributed by atoms with Crippen molar-refractivity contribution in [2.45, 2.75) is 33.4 Å². The van der Waals surface area contributed by atoms with Gasteiger partial charge in [-0.15, -0.1) is 0 Å². The smallest absolute Gasteiger partial charge is 0.274 e. The molecule has 18 heavy (non-hydrogen) atoms. The van der Waals surface area contributed by atoms with Gasteiger partial charge in [0.1, 0.15) is 0 Å². The Morgan fingerprint density at radius 1 is 1.33 bits per heavy atom. The van der Waals surface area contributed by atoms with Gasteiger partial charge in [0.05, 0.1) is 18.1 Å². The molecule has 2 N–H and O–H groups in total. The summed E-state index contributed by atoms with van der Waals surface area (Å²) in [5.41, 5.74) is 5.97. The highest BCUT2D eigenvalue weighted by molar-refractivity contribution is 5.80. The minimum absolute atomic E-state index is 0.0488. The first-order valence-electron chi connectivity index (χ1n) is 6.10. The summed E-state index contributed by atoms with van der Waals surface area (Å²) in [7, 11) is 0. The third-order valence-electron chi connectivity index (χ3n) is 3.24. The Bertz CT molecular complexity index is 610. The normalized spacial score (nSPS) is 13.8. The molecule has 96 valence electrons. The zero-order valence-electron chi connectivity index (χ0n) is 11.1. The topological polar surface area (TPSA) is 60.9 Å². The second kappa shape index (κ2) is 4.53. The standard InChI is InChI=1S/C14H19N3O/c1-14(2,3)12(15)9-17-13(18)11-7-5-4-6-10(11)8-16-17/h4-8,12H,9,15H2,1-3H3. The van der Waals surface area contributed by atoms with Crippen molar-refractivity contribution in [1.82, 2.24) is 9.78 Å². The molecule has 2 rings (SSSR count). The fourth-order valence-electron chi connectivity index (χ4n) is 1.72. The van der Waals surface area contributed by atoms with Gasteiger partial charge in [0.2, 0.25) is 0 Å². The van der Waals surface area contributed by atoms with E-state index in [2.05, 4.69) is 25.9 Å². The molecule has 0 radical (unpaired) electrons. The van der Waals surface area contributed by atoms with Gasteiger partial charge in [-0.05, 0) is 11.5 Å². The molecule has 1 atom stereocenters. The number of rotatable bonds is 2. The van der Waals surface area contributed by atoms with Crippen molar-refractivity contribution in [3.8, 4) is 0 Å². The lowest BCUT2D eigenvalue weighted by molar-refractivity contribution is 0.280. The van der Waals surface area contributed by atoms with Crippen LogP contribution in [0, 0.1) is 5.41 Å². The van der Waals surface area contributed by atoms with Crippen LogP contribution < -0.4 is 11.3 Å². The Morgan fingerprint density at radius 3 is 2.67 bits per heavy atom. The Hall–Kier alpha value is -1.68. The largest absolute Gasteiger partial charge is 0.326 e. The van der Waals surface area contributed by atoms with E-state index in [9.17, 15) is 4.79 Å². The number of hydrogen-bond acceptors (Lipinski definition) is 3. The molecule has 0 saturated heterocycles. The van der Waals surface area contributed by atoms with E-state index in [4.69, 9.17) is 5.73 Å². The second-order valence-corrected chi connectivity index (χ2v) is 5.69. The lowest BCUT2D eigenvalue weighted by Gasteiger charge is -2.27. The number of hydrogen-bond donors (Lipinski definition) is 1. The van der Waals surface area contributed by atoms with Gasteiger partial charge < -0.3 is 5.73 Å². The van der Waals surface area contributed by atoms with Crippen LogP contribution in [0.5, 0.6) is 0 Å². The minimum atomic E-state index is -0.108. The molecule has 0 saturated carbocycles. The third kappa shape index (κ3) is 2.43. The van der Waals surface area contributed by atoms with E-state index in [1.165, 1.54) is 4.68 Å². The predicted octanol–water partition coefficient (Wildman–Crippen LogP) is 1.77. The van der Waals surface area contributed by atoms with Crippen molar-refractivity contribution in [3.63, 3.8) is 0 Å². The summed E-state index contributed by atoms with van der Waals surface area (Å²) in [6.45, 7) is 6.62. The molecule has 0 bridgehead atoms. The Labute approximate surface area is 106 Å². The Balaban J connectivity index is 2.41. The van der Waals surface area contributed by atoms with E-state index in [1.807, 2.05) is 24.3 Å². The fourth-order valence-corrected chi connectivity index (χ4v) is 1.72. The number of nitrogens with two attached hydrogens (primary N) is 1. The quantitative estimate of drug-likeness (QED) is 0.877. The Morgan fingerprint density at radius 2 is 2.00 bits per heavy atom. The zero-order valence-corrected chi connectivity index (χ0v) is 11.1. The molecule has 1 unspecified atom stereocenters. The molecule has 4 nitrogen and oxygen atoms in total. The first kappa shape index (κ1) is 12.8. The number of aromatic nitrogens is 2. The summed E-state index contributed by atoms with van der Waals surface area (Å²) in [5, 5.41) is 5.74. The minimum Gasteiger partial charge on any atom is -0.326 e. The average molecular weight is 245 g/mol. The molecule has 0 amide bonds. The van der Waals surface area contributed by atoms with Crippen molar-refractivity contribution >= 4 is 10.8 Å². The molecule has 1 aromatic heterocycles. The highest BCUT2D eigenvalue weighted by Gasteiger charge is 2.21. The molecule has 0 fully saturated rings. The van der Waals surface area contributed by atoms with Crippen LogP contribution >= 0.6 is 0 Å². The molecule has 0 aliphatic rings. The molecule has 0 aliphatic heterocycles. The van der Waals surface area contributed by atoms with Crippen LogP contribution in [0.4, 0.5) is 0 Å². The van der Waals surface area contributed by atoms with Gasteiger partial charge in [-0.2, -0.15) is 5.10 Å². The molecule has 4 heteroatoms. The van der Waals surface area contributed by atoms with Gasteiger partial charge in [0.15, 0.2) is 0 Å². The summed E-state index contributed by atoms with van der Waals surface area (Å²) in [5.74, 6) is 0. The van der Waals surface area contributed by atoms with E-state index < -0.39 is 0 Å². The lowest BCUT2D eigenvalue weighted by Crippen LogP contribution is -2.42. The third-order valence-corrected chi connectivity index (χ3v) is 3.24. The fraction of sp³-hybridized carbons (Fsp3) is 0.429.